The molecule has 27 heavy (non-hydrogen) atoms. The summed E-state index contributed by atoms with van der Waals surface area (Å²) in [5.41, 5.74) is 4.90. The van der Waals surface area contributed by atoms with Crippen molar-refractivity contribution in [2.24, 2.45) is 0 Å². The van der Waals surface area contributed by atoms with Crippen molar-refractivity contribution in [1.29, 1.82) is 0 Å². The number of carbonyl (C=O) groups is 1. The van der Waals surface area contributed by atoms with E-state index in [2.05, 4.69) is 30.1 Å². The minimum Gasteiger partial charge on any atom is -0.338 e. The molecule has 2 heterocycles. The zero-order valence-electron chi connectivity index (χ0n) is 15.5. The van der Waals surface area contributed by atoms with Crippen molar-refractivity contribution in [3.8, 4) is 11.3 Å². The third kappa shape index (κ3) is 3.90. The van der Waals surface area contributed by atoms with Gasteiger partial charge in [0.25, 0.3) is 5.91 Å². The maximum absolute atomic E-state index is 12.8. The second-order valence-electron chi connectivity index (χ2n) is 7.16. The molecule has 1 unspecified atom stereocenters. The molecule has 0 aliphatic carbocycles. The van der Waals surface area contributed by atoms with Gasteiger partial charge in [-0.2, -0.15) is 0 Å². The summed E-state index contributed by atoms with van der Waals surface area (Å²) in [7, 11) is 0. The first-order chi connectivity index (χ1) is 13.2. The van der Waals surface area contributed by atoms with Crippen LogP contribution in [0.2, 0.25) is 0 Å². The zero-order valence-corrected chi connectivity index (χ0v) is 15.5. The maximum atomic E-state index is 12.8. The van der Waals surface area contributed by atoms with Gasteiger partial charge in [0.2, 0.25) is 0 Å². The first-order valence-electron chi connectivity index (χ1n) is 9.44. The van der Waals surface area contributed by atoms with E-state index < -0.39 is 0 Å². The summed E-state index contributed by atoms with van der Waals surface area (Å²) < 4.78 is 0. The van der Waals surface area contributed by atoms with Crippen LogP contribution in [-0.2, 0) is 0 Å². The zero-order chi connectivity index (χ0) is 18.6. The van der Waals surface area contributed by atoms with E-state index in [4.69, 9.17) is 4.98 Å². The van der Waals surface area contributed by atoms with E-state index >= 15 is 0 Å². The van der Waals surface area contributed by atoms with E-state index in [1.165, 1.54) is 5.56 Å². The summed E-state index contributed by atoms with van der Waals surface area (Å²) in [6.07, 6.45) is 5.68. The molecule has 2 aromatic carbocycles. The van der Waals surface area contributed by atoms with E-state index in [1.54, 1.807) is 0 Å². The van der Waals surface area contributed by atoms with Crippen molar-refractivity contribution in [1.82, 2.24) is 14.9 Å². The molecule has 4 rings (SSSR count). The summed E-state index contributed by atoms with van der Waals surface area (Å²) in [6.45, 7) is 3.57. The highest BCUT2D eigenvalue weighted by Crippen LogP contribution is 2.28. The van der Waals surface area contributed by atoms with E-state index in [9.17, 15) is 4.79 Å². The van der Waals surface area contributed by atoms with E-state index in [-0.39, 0.29) is 11.8 Å². The van der Waals surface area contributed by atoms with Crippen molar-refractivity contribution < 1.29 is 4.79 Å². The highest BCUT2D eigenvalue weighted by Gasteiger charge is 2.26. The molecule has 1 aliphatic rings. The molecule has 0 bridgehead atoms. The molecule has 1 saturated heterocycles. The van der Waals surface area contributed by atoms with Gasteiger partial charge < -0.3 is 4.90 Å². The number of rotatable bonds is 3. The SMILES string of the molecule is Cc1cccc(-c2cncc(C3CCCN(C(=O)c4ccccc4)C3)n2)c1. The number of nitrogens with zero attached hydrogens (tertiary/aromatic N) is 3. The number of aromatic nitrogens is 2. The predicted molar refractivity (Wildman–Crippen MR) is 107 cm³/mol. The number of hydrogen-bond donors (Lipinski definition) is 0. The number of benzene rings is 2. The van der Waals surface area contributed by atoms with Crippen molar-refractivity contribution in [2.45, 2.75) is 25.7 Å². The van der Waals surface area contributed by atoms with Crippen LogP contribution in [0.1, 0.15) is 40.4 Å². The van der Waals surface area contributed by atoms with E-state index in [0.29, 0.717) is 6.54 Å². The molecule has 3 aromatic rings. The van der Waals surface area contributed by atoms with Crippen LogP contribution < -0.4 is 0 Å². The van der Waals surface area contributed by atoms with Crippen LogP contribution >= 0.6 is 0 Å². The van der Waals surface area contributed by atoms with Gasteiger partial charge in [0.15, 0.2) is 0 Å². The highest BCUT2D eigenvalue weighted by molar-refractivity contribution is 5.94. The monoisotopic (exact) mass is 357 g/mol. The number of aryl methyl sites for hydroxylation is 1. The molecule has 0 spiro atoms. The van der Waals surface area contributed by atoms with Crippen LogP contribution in [-0.4, -0.2) is 33.9 Å². The molecule has 0 N–H and O–H groups in total. The second-order valence-corrected chi connectivity index (χ2v) is 7.16. The number of amides is 1. The Kier molecular flexibility index (Phi) is 4.97. The number of hydrogen-bond acceptors (Lipinski definition) is 3. The summed E-state index contributed by atoms with van der Waals surface area (Å²) in [5.74, 6) is 0.326. The molecular weight excluding hydrogens is 334 g/mol. The fraction of sp³-hybridized carbons (Fsp3) is 0.261. The molecule has 0 saturated carbocycles. The lowest BCUT2D eigenvalue weighted by atomic mass is 9.94. The molecular formula is C23H23N3O. The summed E-state index contributed by atoms with van der Waals surface area (Å²) in [5, 5.41) is 0. The van der Waals surface area contributed by atoms with Gasteiger partial charge >= 0.3 is 0 Å². The van der Waals surface area contributed by atoms with Gasteiger partial charge in [-0.15, -0.1) is 0 Å². The van der Waals surface area contributed by atoms with Crippen molar-refractivity contribution in [3.05, 3.63) is 83.8 Å². The number of likely N-dealkylation sites (tertiary alicyclic amines) is 1. The van der Waals surface area contributed by atoms with Crippen LogP contribution in [0.4, 0.5) is 0 Å². The molecule has 1 atom stereocenters. The molecule has 0 radical (unpaired) electrons. The number of piperidine rings is 1. The first kappa shape index (κ1) is 17.4. The molecule has 4 heteroatoms. The fourth-order valence-electron chi connectivity index (χ4n) is 3.69. The van der Waals surface area contributed by atoms with Crippen LogP contribution in [0.15, 0.2) is 67.0 Å². The average Bonchev–Trinajstić information content (AvgIpc) is 2.74. The van der Waals surface area contributed by atoms with Gasteiger partial charge in [0, 0.05) is 36.3 Å². The lowest BCUT2D eigenvalue weighted by Crippen LogP contribution is -2.39. The molecule has 4 nitrogen and oxygen atoms in total. The first-order valence-corrected chi connectivity index (χ1v) is 9.44. The lowest BCUT2D eigenvalue weighted by molar-refractivity contribution is 0.0706. The largest absolute Gasteiger partial charge is 0.338 e. The number of carbonyl (C=O) groups excluding carboxylic acids is 1. The summed E-state index contributed by atoms with van der Waals surface area (Å²) in [6, 6.07) is 17.8. The van der Waals surface area contributed by atoms with Gasteiger partial charge in [-0.3, -0.25) is 9.78 Å². The van der Waals surface area contributed by atoms with Crippen molar-refractivity contribution in [2.75, 3.05) is 13.1 Å². The second kappa shape index (κ2) is 7.70. The Bertz CT molecular complexity index is 939. The van der Waals surface area contributed by atoms with Gasteiger partial charge in [-0.1, -0.05) is 42.0 Å². The highest BCUT2D eigenvalue weighted by atomic mass is 16.2. The van der Waals surface area contributed by atoms with E-state index in [0.717, 1.165) is 41.9 Å². The topological polar surface area (TPSA) is 46.1 Å². The normalized spacial score (nSPS) is 16.9. The Hall–Kier alpha value is -3.01. The lowest BCUT2D eigenvalue weighted by Gasteiger charge is -2.32. The van der Waals surface area contributed by atoms with Crippen LogP contribution in [0.25, 0.3) is 11.3 Å². The molecule has 1 fully saturated rings. The van der Waals surface area contributed by atoms with Crippen LogP contribution in [0, 0.1) is 6.92 Å². The van der Waals surface area contributed by atoms with Crippen molar-refractivity contribution in [3.63, 3.8) is 0 Å². The van der Waals surface area contributed by atoms with Gasteiger partial charge in [-0.25, -0.2) is 4.98 Å². The molecule has 1 aliphatic heterocycles. The van der Waals surface area contributed by atoms with Crippen LogP contribution in [0.5, 0.6) is 0 Å². The van der Waals surface area contributed by atoms with Gasteiger partial charge in [0.05, 0.1) is 17.6 Å². The summed E-state index contributed by atoms with van der Waals surface area (Å²) in [4.78, 5) is 24.0. The quantitative estimate of drug-likeness (QED) is 0.695. The van der Waals surface area contributed by atoms with Crippen LogP contribution in [0.3, 0.4) is 0 Å². The average molecular weight is 357 g/mol. The summed E-state index contributed by atoms with van der Waals surface area (Å²) >= 11 is 0. The maximum Gasteiger partial charge on any atom is 0.253 e. The minimum absolute atomic E-state index is 0.100. The Morgan fingerprint density at radius 1 is 1.07 bits per heavy atom. The van der Waals surface area contributed by atoms with Crippen molar-refractivity contribution >= 4 is 5.91 Å². The molecule has 1 amide bonds. The van der Waals surface area contributed by atoms with E-state index in [1.807, 2.05) is 53.7 Å². The minimum atomic E-state index is 0.100. The predicted octanol–water partition coefficient (Wildman–Crippen LogP) is 4.47. The van der Waals surface area contributed by atoms with Gasteiger partial charge in [-0.05, 0) is 38.0 Å². The standard InChI is InChI=1S/C23H23N3O/c1-17-7-5-10-19(13-17)21-14-24-15-22(25-21)20-11-6-12-26(16-20)23(27)18-8-3-2-4-9-18/h2-5,7-10,13-15,20H,6,11-12,16H2,1H3. The third-order valence-electron chi connectivity index (χ3n) is 5.11. The fourth-order valence-corrected chi connectivity index (χ4v) is 3.69. The Morgan fingerprint density at radius 3 is 2.74 bits per heavy atom. The molecule has 136 valence electrons. The molecule has 1 aromatic heterocycles. The Labute approximate surface area is 159 Å². The smallest absolute Gasteiger partial charge is 0.253 e. The van der Waals surface area contributed by atoms with Gasteiger partial charge in [0.1, 0.15) is 0 Å². The Balaban J connectivity index is 1.55. The Morgan fingerprint density at radius 2 is 1.93 bits per heavy atom. The third-order valence-corrected chi connectivity index (χ3v) is 5.11.